The Bertz CT molecular complexity index is 441. The molecule has 0 aromatic heterocycles. The molecule has 5 nitrogen and oxygen atoms in total. The first kappa shape index (κ1) is 15.8. The van der Waals surface area contributed by atoms with E-state index in [4.69, 9.17) is 4.74 Å². The SMILES string of the molecule is CCCC(CN1C(=O)N[C@@H]2CCC3(CC3)C[C@@H]2C1=O)OCC. The summed E-state index contributed by atoms with van der Waals surface area (Å²) in [5.74, 6) is 0.0124. The van der Waals surface area contributed by atoms with E-state index < -0.39 is 0 Å². The molecule has 5 heteroatoms. The van der Waals surface area contributed by atoms with Gasteiger partial charge in [0.15, 0.2) is 0 Å². The Morgan fingerprint density at radius 1 is 1.32 bits per heavy atom. The lowest BCUT2D eigenvalue weighted by atomic mass is 9.74. The van der Waals surface area contributed by atoms with Crippen molar-refractivity contribution in [2.75, 3.05) is 13.2 Å². The fraction of sp³-hybridized carbons (Fsp3) is 0.882. The summed E-state index contributed by atoms with van der Waals surface area (Å²) in [7, 11) is 0. The topological polar surface area (TPSA) is 58.6 Å². The van der Waals surface area contributed by atoms with Gasteiger partial charge >= 0.3 is 6.03 Å². The summed E-state index contributed by atoms with van der Waals surface area (Å²) in [4.78, 5) is 26.6. The Balaban J connectivity index is 1.68. The number of rotatable bonds is 6. The molecule has 1 N–H and O–H groups in total. The van der Waals surface area contributed by atoms with Crippen LogP contribution in [0.5, 0.6) is 0 Å². The molecular formula is C17H28N2O3. The van der Waals surface area contributed by atoms with Gasteiger partial charge in [0.2, 0.25) is 5.91 Å². The van der Waals surface area contributed by atoms with Crippen LogP contribution in [0.15, 0.2) is 0 Å². The predicted molar refractivity (Wildman–Crippen MR) is 83.4 cm³/mol. The predicted octanol–water partition coefficient (Wildman–Crippen LogP) is 2.69. The molecular weight excluding hydrogens is 280 g/mol. The summed E-state index contributed by atoms with van der Waals surface area (Å²) < 4.78 is 5.70. The van der Waals surface area contributed by atoms with Gasteiger partial charge in [-0.1, -0.05) is 13.3 Å². The molecule has 2 saturated carbocycles. The molecule has 124 valence electrons. The maximum Gasteiger partial charge on any atom is 0.324 e. The summed E-state index contributed by atoms with van der Waals surface area (Å²) in [6.07, 6.45) is 7.43. The molecule has 3 aliphatic rings. The zero-order chi connectivity index (χ0) is 15.7. The lowest BCUT2D eigenvalue weighted by Gasteiger charge is -2.43. The molecule has 1 heterocycles. The van der Waals surface area contributed by atoms with Gasteiger partial charge < -0.3 is 10.1 Å². The van der Waals surface area contributed by atoms with Gasteiger partial charge in [-0.25, -0.2) is 4.79 Å². The van der Waals surface area contributed by atoms with Crippen molar-refractivity contribution in [1.29, 1.82) is 0 Å². The van der Waals surface area contributed by atoms with E-state index >= 15 is 0 Å². The van der Waals surface area contributed by atoms with Crippen LogP contribution in [0.25, 0.3) is 0 Å². The van der Waals surface area contributed by atoms with Gasteiger partial charge in [-0.15, -0.1) is 0 Å². The second-order valence-corrected chi connectivity index (χ2v) is 7.22. The molecule has 2 aliphatic carbocycles. The van der Waals surface area contributed by atoms with E-state index in [0.29, 0.717) is 18.6 Å². The normalized spacial score (nSPS) is 30.9. The quantitative estimate of drug-likeness (QED) is 0.820. The van der Waals surface area contributed by atoms with Gasteiger partial charge in [0.25, 0.3) is 0 Å². The van der Waals surface area contributed by atoms with Gasteiger partial charge in [-0.2, -0.15) is 0 Å². The number of hydrogen-bond donors (Lipinski definition) is 1. The number of fused-ring (bicyclic) bond motifs is 1. The second-order valence-electron chi connectivity index (χ2n) is 7.22. The second kappa shape index (κ2) is 6.19. The number of imide groups is 1. The first-order valence-electron chi connectivity index (χ1n) is 8.82. The molecule has 1 saturated heterocycles. The van der Waals surface area contributed by atoms with Crippen molar-refractivity contribution < 1.29 is 14.3 Å². The minimum Gasteiger partial charge on any atom is -0.377 e. The van der Waals surface area contributed by atoms with Crippen molar-refractivity contribution in [3.63, 3.8) is 0 Å². The molecule has 3 amide bonds. The number of ether oxygens (including phenoxy) is 1. The van der Waals surface area contributed by atoms with Crippen LogP contribution in [0.3, 0.4) is 0 Å². The monoisotopic (exact) mass is 308 g/mol. The molecule has 0 aromatic rings. The molecule has 1 aliphatic heterocycles. The Morgan fingerprint density at radius 3 is 2.73 bits per heavy atom. The highest BCUT2D eigenvalue weighted by Gasteiger charge is 2.53. The highest BCUT2D eigenvalue weighted by Crippen LogP contribution is 2.58. The van der Waals surface area contributed by atoms with Crippen LogP contribution in [0.4, 0.5) is 4.79 Å². The number of nitrogens with one attached hydrogen (secondary N) is 1. The third-order valence-corrected chi connectivity index (χ3v) is 5.62. The lowest BCUT2D eigenvalue weighted by Crippen LogP contribution is -2.62. The van der Waals surface area contributed by atoms with Gasteiger partial charge in [0, 0.05) is 12.6 Å². The Kier molecular flexibility index (Phi) is 4.44. The highest BCUT2D eigenvalue weighted by atomic mass is 16.5. The summed E-state index contributed by atoms with van der Waals surface area (Å²) in [6, 6.07) is -0.169. The smallest absolute Gasteiger partial charge is 0.324 e. The van der Waals surface area contributed by atoms with E-state index in [1.807, 2.05) is 6.92 Å². The van der Waals surface area contributed by atoms with Gasteiger partial charge in [-0.05, 0) is 50.9 Å². The van der Waals surface area contributed by atoms with Crippen molar-refractivity contribution in [3.8, 4) is 0 Å². The Hall–Kier alpha value is -1.10. The van der Waals surface area contributed by atoms with Crippen LogP contribution in [0.2, 0.25) is 0 Å². The van der Waals surface area contributed by atoms with Crippen LogP contribution in [0, 0.1) is 11.3 Å². The van der Waals surface area contributed by atoms with E-state index in [-0.39, 0.29) is 30.0 Å². The maximum absolute atomic E-state index is 12.8. The molecule has 3 atom stereocenters. The summed E-state index contributed by atoms with van der Waals surface area (Å²) in [5, 5.41) is 3.06. The van der Waals surface area contributed by atoms with Gasteiger partial charge in [-0.3, -0.25) is 9.69 Å². The van der Waals surface area contributed by atoms with Crippen molar-refractivity contribution in [2.45, 2.75) is 70.9 Å². The van der Waals surface area contributed by atoms with Crippen molar-refractivity contribution >= 4 is 11.9 Å². The largest absolute Gasteiger partial charge is 0.377 e. The van der Waals surface area contributed by atoms with Gasteiger partial charge in [0.05, 0.1) is 18.6 Å². The fourth-order valence-corrected chi connectivity index (χ4v) is 4.14. The van der Waals surface area contributed by atoms with E-state index in [2.05, 4.69) is 12.2 Å². The molecule has 1 unspecified atom stereocenters. The third kappa shape index (κ3) is 3.00. The van der Waals surface area contributed by atoms with Crippen LogP contribution in [-0.2, 0) is 9.53 Å². The maximum atomic E-state index is 12.8. The minimum absolute atomic E-state index is 0.0159. The van der Waals surface area contributed by atoms with E-state index in [9.17, 15) is 9.59 Å². The number of carbonyl (C=O) groups excluding carboxylic acids is 2. The third-order valence-electron chi connectivity index (χ3n) is 5.62. The first-order chi connectivity index (χ1) is 10.6. The summed E-state index contributed by atoms with van der Waals surface area (Å²) >= 11 is 0. The molecule has 0 aromatic carbocycles. The van der Waals surface area contributed by atoms with Crippen molar-refractivity contribution in [1.82, 2.24) is 10.2 Å². The highest BCUT2D eigenvalue weighted by molar-refractivity contribution is 5.98. The van der Waals surface area contributed by atoms with Crippen molar-refractivity contribution in [3.05, 3.63) is 0 Å². The average Bonchev–Trinajstić information content (AvgIpc) is 3.24. The van der Waals surface area contributed by atoms with Gasteiger partial charge in [0.1, 0.15) is 0 Å². The van der Waals surface area contributed by atoms with E-state index in [0.717, 1.165) is 25.7 Å². The van der Waals surface area contributed by atoms with Crippen molar-refractivity contribution in [2.24, 2.45) is 11.3 Å². The summed E-state index contributed by atoms with van der Waals surface area (Å²) in [5.41, 5.74) is 0.424. The minimum atomic E-state index is -0.223. The Labute approximate surface area is 132 Å². The molecule has 1 spiro atoms. The van der Waals surface area contributed by atoms with Crippen LogP contribution in [0.1, 0.15) is 58.8 Å². The van der Waals surface area contributed by atoms with E-state index in [1.165, 1.54) is 24.2 Å². The molecule has 0 radical (unpaired) electrons. The summed E-state index contributed by atoms with van der Waals surface area (Å²) in [6.45, 7) is 5.05. The molecule has 3 fully saturated rings. The van der Waals surface area contributed by atoms with Crippen LogP contribution in [-0.4, -0.2) is 42.1 Å². The number of amides is 3. The molecule has 3 rings (SSSR count). The standard InChI is InChI=1S/C17H28N2O3/c1-3-5-12(22-4-2)11-19-15(20)13-10-17(8-9-17)7-6-14(13)18-16(19)21/h12-14H,3-11H2,1-2H3,(H,18,21)/t12?,13-,14+/m0/s1. The molecule has 0 bridgehead atoms. The lowest BCUT2D eigenvalue weighted by molar-refractivity contribution is -0.139. The van der Waals surface area contributed by atoms with E-state index in [1.54, 1.807) is 0 Å². The molecule has 22 heavy (non-hydrogen) atoms. The van der Waals surface area contributed by atoms with Crippen LogP contribution < -0.4 is 5.32 Å². The number of carbonyl (C=O) groups is 2. The number of nitrogens with zero attached hydrogens (tertiary/aromatic N) is 1. The number of urea groups is 1. The zero-order valence-corrected chi connectivity index (χ0v) is 13.8. The number of hydrogen-bond acceptors (Lipinski definition) is 3. The fourth-order valence-electron chi connectivity index (χ4n) is 4.14. The zero-order valence-electron chi connectivity index (χ0n) is 13.8. The van der Waals surface area contributed by atoms with Crippen LogP contribution >= 0.6 is 0 Å². The Morgan fingerprint density at radius 2 is 2.09 bits per heavy atom. The average molecular weight is 308 g/mol. The first-order valence-corrected chi connectivity index (χ1v) is 8.82.